The van der Waals surface area contributed by atoms with Gasteiger partial charge < -0.3 is 5.32 Å². The minimum Gasteiger partial charge on any atom is -0.310 e. The van der Waals surface area contributed by atoms with Crippen LogP contribution in [0.2, 0.25) is 0 Å². The zero-order valence-corrected chi connectivity index (χ0v) is 13.5. The van der Waals surface area contributed by atoms with Gasteiger partial charge in [0.25, 0.3) is 0 Å². The minimum absolute atomic E-state index is 0.516. The first-order valence-electron chi connectivity index (χ1n) is 8.35. The second-order valence-corrected chi connectivity index (χ2v) is 6.46. The van der Waals surface area contributed by atoms with Gasteiger partial charge in [-0.2, -0.15) is 0 Å². The number of fused-ring (bicyclic) bond motifs is 2. The first-order chi connectivity index (χ1) is 10.2. The Bertz CT molecular complexity index is 644. The summed E-state index contributed by atoms with van der Waals surface area (Å²) in [5, 5.41) is 4.98. The second kappa shape index (κ2) is 6.15. The Balaban J connectivity index is 2.16. The monoisotopic (exact) mass is 282 g/mol. The van der Waals surface area contributed by atoms with Crippen molar-refractivity contribution in [1.29, 1.82) is 0 Å². The molecule has 0 unspecified atom stereocenters. The molecule has 0 amide bonds. The molecule has 1 aromatic heterocycles. The van der Waals surface area contributed by atoms with Crippen molar-refractivity contribution in [3.05, 3.63) is 40.6 Å². The van der Waals surface area contributed by atoms with Crippen molar-refractivity contribution in [1.82, 2.24) is 10.3 Å². The van der Waals surface area contributed by atoms with Crippen LogP contribution in [0.15, 0.2) is 18.2 Å². The molecule has 1 heterocycles. The van der Waals surface area contributed by atoms with E-state index >= 15 is 0 Å². The Morgan fingerprint density at radius 3 is 2.76 bits per heavy atom. The average Bonchev–Trinajstić information content (AvgIpc) is 2.50. The fraction of sp³-hybridized carbons (Fsp3) is 0.526. The van der Waals surface area contributed by atoms with Crippen LogP contribution in [0.1, 0.15) is 56.0 Å². The highest BCUT2D eigenvalue weighted by atomic mass is 14.9. The largest absolute Gasteiger partial charge is 0.310 e. The fourth-order valence-corrected chi connectivity index (χ4v) is 3.30. The topological polar surface area (TPSA) is 24.9 Å². The number of hydrogen-bond donors (Lipinski definition) is 1. The van der Waals surface area contributed by atoms with Crippen LogP contribution in [0.5, 0.6) is 0 Å². The normalized spacial score (nSPS) is 14.7. The lowest BCUT2D eigenvalue weighted by atomic mass is 9.89. The molecule has 1 aromatic carbocycles. The Labute approximate surface area is 128 Å². The molecule has 112 valence electrons. The maximum atomic E-state index is 4.95. The summed E-state index contributed by atoms with van der Waals surface area (Å²) in [6.07, 6.45) is 6.03. The second-order valence-electron chi connectivity index (χ2n) is 6.46. The van der Waals surface area contributed by atoms with Crippen LogP contribution in [-0.2, 0) is 25.8 Å². The van der Waals surface area contributed by atoms with Gasteiger partial charge in [0, 0.05) is 23.7 Å². The van der Waals surface area contributed by atoms with Gasteiger partial charge in [-0.25, -0.2) is 0 Å². The third-order valence-corrected chi connectivity index (χ3v) is 4.54. The number of hydrogen-bond acceptors (Lipinski definition) is 2. The summed E-state index contributed by atoms with van der Waals surface area (Å²) in [4.78, 5) is 4.95. The lowest BCUT2D eigenvalue weighted by Gasteiger charge is -2.22. The Kier molecular flexibility index (Phi) is 4.25. The van der Waals surface area contributed by atoms with Crippen LogP contribution >= 0.6 is 0 Å². The molecule has 3 rings (SSSR count). The predicted octanol–water partition coefficient (Wildman–Crippen LogP) is 4.17. The molecule has 2 nitrogen and oxygen atoms in total. The van der Waals surface area contributed by atoms with Crippen LogP contribution in [-0.4, -0.2) is 11.0 Å². The molecule has 2 heteroatoms. The number of rotatable bonds is 4. The molecule has 1 aliphatic carbocycles. The molecular formula is C19H26N2. The van der Waals surface area contributed by atoms with E-state index in [9.17, 15) is 0 Å². The van der Waals surface area contributed by atoms with Crippen molar-refractivity contribution in [2.75, 3.05) is 0 Å². The summed E-state index contributed by atoms with van der Waals surface area (Å²) in [5.74, 6) is 0. The van der Waals surface area contributed by atoms with E-state index in [-0.39, 0.29) is 0 Å². The smallest absolute Gasteiger partial charge is 0.0708 e. The van der Waals surface area contributed by atoms with Crippen molar-refractivity contribution in [2.45, 2.75) is 65.5 Å². The third kappa shape index (κ3) is 2.96. The van der Waals surface area contributed by atoms with Crippen molar-refractivity contribution < 1.29 is 0 Å². The molecule has 1 aliphatic rings. The van der Waals surface area contributed by atoms with Gasteiger partial charge >= 0.3 is 0 Å². The number of nitrogens with zero attached hydrogens (tertiary/aromatic N) is 1. The quantitative estimate of drug-likeness (QED) is 0.910. The van der Waals surface area contributed by atoms with Gasteiger partial charge in [-0.15, -0.1) is 0 Å². The van der Waals surface area contributed by atoms with Crippen LogP contribution in [0.25, 0.3) is 10.9 Å². The molecular weight excluding hydrogens is 256 g/mol. The van der Waals surface area contributed by atoms with Crippen molar-refractivity contribution in [3.63, 3.8) is 0 Å². The van der Waals surface area contributed by atoms with Gasteiger partial charge in [0.2, 0.25) is 0 Å². The third-order valence-electron chi connectivity index (χ3n) is 4.54. The number of aromatic nitrogens is 1. The molecule has 1 N–H and O–H groups in total. The molecule has 0 saturated carbocycles. The number of nitrogens with one attached hydrogen (secondary N) is 1. The maximum Gasteiger partial charge on any atom is 0.0708 e. The summed E-state index contributed by atoms with van der Waals surface area (Å²) >= 11 is 0. The maximum absolute atomic E-state index is 4.95. The van der Waals surface area contributed by atoms with Crippen molar-refractivity contribution >= 4 is 10.9 Å². The number of benzene rings is 1. The number of aryl methyl sites for hydroxylation is 2. The van der Waals surface area contributed by atoms with Crippen molar-refractivity contribution in [3.8, 4) is 0 Å². The molecule has 2 aromatic rings. The van der Waals surface area contributed by atoms with Gasteiger partial charge in [0.05, 0.1) is 5.52 Å². The van der Waals surface area contributed by atoms with Crippen LogP contribution in [0.3, 0.4) is 0 Å². The predicted molar refractivity (Wildman–Crippen MR) is 89.7 cm³/mol. The van der Waals surface area contributed by atoms with Crippen LogP contribution < -0.4 is 5.32 Å². The molecule has 0 radical (unpaired) electrons. The lowest BCUT2D eigenvalue weighted by molar-refractivity contribution is 0.581. The number of pyridine rings is 1. The fourth-order valence-electron chi connectivity index (χ4n) is 3.30. The van der Waals surface area contributed by atoms with E-state index in [4.69, 9.17) is 4.98 Å². The molecule has 21 heavy (non-hydrogen) atoms. The first kappa shape index (κ1) is 14.5. The summed E-state index contributed by atoms with van der Waals surface area (Å²) in [6.45, 7) is 7.62. The first-order valence-corrected chi connectivity index (χ1v) is 8.35. The van der Waals surface area contributed by atoms with Gasteiger partial charge in [-0.3, -0.25) is 4.98 Å². The van der Waals surface area contributed by atoms with Gasteiger partial charge in [0.1, 0.15) is 0 Å². The Morgan fingerprint density at radius 1 is 1.19 bits per heavy atom. The minimum atomic E-state index is 0.516. The Hall–Kier alpha value is -1.41. The molecule has 0 aliphatic heterocycles. The standard InChI is InChI=1S/C19H26N2/c1-4-14-9-10-19-16(11-14)17(12-20-13(2)3)15-7-5-6-8-18(15)21-19/h9-11,13,20H,4-8,12H2,1-3H3. The van der Waals surface area contributed by atoms with Gasteiger partial charge in [-0.05, 0) is 60.9 Å². The molecule has 0 bridgehead atoms. The summed E-state index contributed by atoms with van der Waals surface area (Å²) in [5.41, 5.74) is 6.95. The van der Waals surface area contributed by atoms with Crippen LogP contribution in [0.4, 0.5) is 0 Å². The molecule has 0 fully saturated rings. The van der Waals surface area contributed by atoms with Crippen molar-refractivity contribution in [2.24, 2.45) is 0 Å². The van der Waals surface area contributed by atoms with E-state index in [1.54, 1.807) is 0 Å². The average molecular weight is 282 g/mol. The zero-order chi connectivity index (χ0) is 14.8. The lowest BCUT2D eigenvalue weighted by Crippen LogP contribution is -2.24. The summed E-state index contributed by atoms with van der Waals surface area (Å²) < 4.78 is 0. The molecule has 0 atom stereocenters. The highest BCUT2D eigenvalue weighted by molar-refractivity contribution is 5.84. The molecule has 0 spiro atoms. The van der Waals surface area contributed by atoms with E-state index in [0.29, 0.717) is 6.04 Å². The van der Waals surface area contributed by atoms with Gasteiger partial charge in [-0.1, -0.05) is 26.8 Å². The van der Waals surface area contributed by atoms with E-state index < -0.39 is 0 Å². The summed E-state index contributed by atoms with van der Waals surface area (Å²) in [7, 11) is 0. The van der Waals surface area contributed by atoms with Gasteiger partial charge in [0.15, 0.2) is 0 Å². The summed E-state index contributed by atoms with van der Waals surface area (Å²) in [6, 6.07) is 7.31. The zero-order valence-electron chi connectivity index (χ0n) is 13.5. The highest BCUT2D eigenvalue weighted by Crippen LogP contribution is 2.30. The molecule has 0 saturated heterocycles. The van der Waals surface area contributed by atoms with E-state index in [0.717, 1.165) is 19.4 Å². The SMILES string of the molecule is CCc1ccc2nc3c(c(CNC(C)C)c2c1)CCCC3. The van der Waals surface area contributed by atoms with Crippen LogP contribution in [0, 0.1) is 0 Å². The van der Waals surface area contributed by atoms with E-state index in [1.807, 2.05) is 0 Å². The highest BCUT2D eigenvalue weighted by Gasteiger charge is 2.18. The Morgan fingerprint density at radius 2 is 2.00 bits per heavy atom. The van der Waals surface area contributed by atoms with E-state index in [1.165, 1.54) is 52.5 Å². The van der Waals surface area contributed by atoms with E-state index in [2.05, 4.69) is 44.3 Å².